The molecule has 3 rings (SSSR count). The third kappa shape index (κ3) is 56.5. The van der Waals surface area contributed by atoms with Gasteiger partial charge in [-0.25, -0.2) is 11.6 Å². The van der Waals surface area contributed by atoms with Crippen molar-refractivity contribution in [3.63, 3.8) is 0 Å². The van der Waals surface area contributed by atoms with Gasteiger partial charge >= 0.3 is 117 Å². The number of rotatable bonds is 0. The van der Waals surface area contributed by atoms with E-state index < -0.39 is 4.42 Å². The van der Waals surface area contributed by atoms with Gasteiger partial charge in [0.15, 0.2) is 0 Å². The SMILES string of the molecule is C1COCCOCCOCCO1.C1COCCOCCOCCO1.Cc1cc[cH-]c1.[C-]#[O+].[C-]#[O+].[I][Ge]([I])[I].[Mn].[Na+]. The Balaban J connectivity index is -0.000000136. The average molecular weight is 1020 g/mol. The van der Waals surface area contributed by atoms with Gasteiger partial charge in [-0.15, -0.1) is 0 Å². The second-order valence-corrected chi connectivity index (χ2v) is 56.5. The van der Waals surface area contributed by atoms with E-state index in [0.717, 1.165) is 0 Å². The maximum absolute atomic E-state index is 7.50. The zero-order valence-corrected chi connectivity index (χ0v) is 35.0. The van der Waals surface area contributed by atoms with Gasteiger partial charge in [0.2, 0.25) is 0 Å². The van der Waals surface area contributed by atoms with Crippen molar-refractivity contribution in [2.75, 3.05) is 106 Å². The van der Waals surface area contributed by atoms with Crippen LogP contribution in [0, 0.1) is 20.2 Å². The monoisotopic (exact) mass is 1020 g/mol. The summed E-state index contributed by atoms with van der Waals surface area (Å²) in [5.74, 6) is 0. The van der Waals surface area contributed by atoms with E-state index in [4.69, 9.17) is 47.2 Å². The molecule has 2 saturated heterocycles. The van der Waals surface area contributed by atoms with Crippen LogP contribution in [0.3, 0.4) is 0 Å². The molecule has 0 spiro atoms. The van der Waals surface area contributed by atoms with E-state index in [1.807, 2.05) is 12.1 Å². The molecule has 0 N–H and O–H groups in total. The summed E-state index contributed by atoms with van der Waals surface area (Å²) in [6.07, 6.45) is 0. The van der Waals surface area contributed by atoms with Gasteiger partial charge in [0.1, 0.15) is 0 Å². The Morgan fingerprint density at radius 1 is 0.575 bits per heavy atom. The first-order valence-corrected chi connectivity index (χ1v) is 30.9. The minimum absolute atomic E-state index is 0. The van der Waals surface area contributed by atoms with Gasteiger partial charge in [0.25, 0.3) is 0 Å². The normalized spacial score (nSPS) is 16.7. The number of aryl methyl sites for hydroxylation is 1. The summed E-state index contributed by atoms with van der Waals surface area (Å²) in [5.41, 5.74) is 1.34. The molecule has 1 aromatic rings. The molecule has 2 radical (unpaired) electrons. The van der Waals surface area contributed by atoms with E-state index in [-0.39, 0.29) is 46.6 Å². The fourth-order valence-electron chi connectivity index (χ4n) is 2.23. The zero-order chi connectivity index (χ0) is 29.0. The summed E-state index contributed by atoms with van der Waals surface area (Å²) in [6, 6.07) is 8.24. The maximum atomic E-state index is 7.50. The van der Waals surface area contributed by atoms with Crippen molar-refractivity contribution in [1.82, 2.24) is 0 Å². The van der Waals surface area contributed by atoms with Crippen molar-refractivity contribution in [1.29, 1.82) is 0 Å². The molecule has 2 aliphatic rings. The second-order valence-electron chi connectivity index (χ2n) is 6.58. The molecule has 0 aromatic heterocycles. The molecule has 2 fully saturated rings. The number of halogens is 3. The van der Waals surface area contributed by atoms with Gasteiger partial charge < -0.3 is 37.9 Å². The molecule has 16 heteroatoms. The number of hydrogen-bond acceptors (Lipinski definition) is 8. The maximum Gasteiger partial charge on any atom is 1.00 e. The van der Waals surface area contributed by atoms with E-state index >= 15 is 0 Å². The Kier molecular flexibility index (Phi) is 67.1. The molecule has 0 atom stereocenters. The first kappa shape index (κ1) is 52.3. The van der Waals surface area contributed by atoms with Crippen LogP contribution in [0.15, 0.2) is 24.3 Å². The standard InChI is InChI=1S/2C8H16O4.C6H7.2CO.GeI3.Mn.Na/c2*1-2-10-5-6-12-8-7-11-4-3-9-1;1-6-4-2-3-5-6;2*1-2;2-1(3)4;;/h2*1-8H2;2-5H,1H3;;;;;/q;;-1;;;;;+1. The minimum Gasteiger partial charge on any atom is 0 e. The average Bonchev–Trinajstić information content (AvgIpc) is 3.39. The van der Waals surface area contributed by atoms with Gasteiger partial charge in [-0.05, 0) is 0 Å². The van der Waals surface area contributed by atoms with Crippen LogP contribution in [0.4, 0.5) is 0 Å². The fourth-order valence-corrected chi connectivity index (χ4v) is 2.23. The first-order chi connectivity index (χ1) is 18.6. The van der Waals surface area contributed by atoms with Crippen molar-refractivity contribution in [3.05, 3.63) is 43.1 Å². The Morgan fingerprint density at radius 2 is 0.750 bits per heavy atom. The molecule has 0 saturated carbocycles. The number of hydrogen-bond donors (Lipinski definition) is 0. The van der Waals surface area contributed by atoms with Crippen LogP contribution < -0.4 is 29.6 Å². The molecular formula is C24H39GeI3MnNaO10. The molecule has 2 aliphatic heterocycles. The zero-order valence-electron chi connectivity index (χ0n) is 23.2. The van der Waals surface area contributed by atoms with E-state index in [1.54, 1.807) is 0 Å². The van der Waals surface area contributed by atoms with Crippen LogP contribution in [-0.4, -0.2) is 110 Å². The van der Waals surface area contributed by atoms with Gasteiger partial charge in [0.05, 0.1) is 106 Å². The van der Waals surface area contributed by atoms with Crippen LogP contribution in [0.25, 0.3) is 0 Å². The Morgan fingerprint density at radius 3 is 0.825 bits per heavy atom. The number of ether oxygens (including phenoxy) is 8. The Bertz CT molecular complexity index is 461. The van der Waals surface area contributed by atoms with Crippen LogP contribution in [0.5, 0.6) is 0 Å². The predicted octanol–water partition coefficient (Wildman–Crippen LogP) is 1.05. The van der Waals surface area contributed by atoms with Crippen molar-refractivity contribution >= 4 is 65.1 Å². The van der Waals surface area contributed by atoms with Crippen LogP contribution in [0.2, 0.25) is 0 Å². The summed E-state index contributed by atoms with van der Waals surface area (Å²) in [6.45, 7) is 21.4. The smallest absolute Gasteiger partial charge is 0 e. The summed E-state index contributed by atoms with van der Waals surface area (Å²) in [7, 11) is 0. The van der Waals surface area contributed by atoms with Crippen molar-refractivity contribution in [2.45, 2.75) is 6.92 Å². The Labute approximate surface area is 310 Å². The largest absolute Gasteiger partial charge is 1.00 e. The van der Waals surface area contributed by atoms with E-state index in [1.165, 1.54) is 5.56 Å². The topological polar surface area (TPSA) is 114 Å². The third-order valence-corrected chi connectivity index (χ3v) is 3.81. The van der Waals surface area contributed by atoms with E-state index in [0.29, 0.717) is 106 Å². The molecule has 0 amide bonds. The van der Waals surface area contributed by atoms with E-state index in [2.05, 4.69) is 93.0 Å². The minimum atomic E-state index is -0.423. The van der Waals surface area contributed by atoms with Gasteiger partial charge in [-0.1, -0.05) is 6.92 Å². The summed E-state index contributed by atoms with van der Waals surface area (Å²) >= 11 is 7.45. The molecule has 0 bridgehead atoms. The second kappa shape index (κ2) is 51.3. The van der Waals surface area contributed by atoms with Crippen molar-refractivity contribution in [2.24, 2.45) is 0 Å². The fraction of sp³-hybridized carbons (Fsp3) is 0.708. The van der Waals surface area contributed by atoms with Gasteiger partial charge in [0, 0.05) is 17.1 Å². The summed E-state index contributed by atoms with van der Waals surface area (Å²) in [4.78, 5) is 0. The van der Waals surface area contributed by atoms with Crippen molar-refractivity contribution < 1.29 is 93.8 Å². The van der Waals surface area contributed by atoms with E-state index in [9.17, 15) is 0 Å². The molecule has 40 heavy (non-hydrogen) atoms. The molecule has 0 unspecified atom stereocenters. The quantitative estimate of drug-likeness (QED) is 0.164. The molecule has 1 aromatic carbocycles. The third-order valence-electron chi connectivity index (χ3n) is 3.81. The van der Waals surface area contributed by atoms with Crippen LogP contribution >= 0.6 is 60.6 Å². The molecule has 10 nitrogen and oxygen atoms in total. The molecule has 2 heterocycles. The van der Waals surface area contributed by atoms with Crippen LogP contribution in [-0.2, 0) is 64.3 Å². The predicted molar refractivity (Wildman–Crippen MR) is 169 cm³/mol. The summed E-state index contributed by atoms with van der Waals surface area (Å²) < 4.78 is 56.3. The van der Waals surface area contributed by atoms with Gasteiger partial charge in [-0.3, -0.25) is 0 Å². The van der Waals surface area contributed by atoms with Gasteiger partial charge in [-0.2, -0.15) is 18.2 Å². The molecular weight excluding hydrogens is 980 g/mol. The molecule has 0 aliphatic carbocycles. The summed E-state index contributed by atoms with van der Waals surface area (Å²) in [5, 5.41) is 0. The molecule has 228 valence electrons. The van der Waals surface area contributed by atoms with Crippen LogP contribution in [0.1, 0.15) is 5.56 Å². The Hall–Kier alpha value is 2.76. The van der Waals surface area contributed by atoms with Crippen molar-refractivity contribution in [3.8, 4) is 0 Å². The first-order valence-electron chi connectivity index (χ1n) is 11.7.